The predicted molar refractivity (Wildman–Crippen MR) is 82.9 cm³/mol. The molecule has 2 aromatic rings. The summed E-state index contributed by atoms with van der Waals surface area (Å²) in [5.74, 6) is -0.264. The molecule has 0 aliphatic rings. The van der Waals surface area contributed by atoms with Gasteiger partial charge in [-0.2, -0.15) is 0 Å². The lowest BCUT2D eigenvalue weighted by molar-refractivity contribution is 0.0936. The van der Waals surface area contributed by atoms with E-state index in [2.05, 4.69) is 4.99 Å². The third kappa shape index (κ3) is 4.29. The van der Waals surface area contributed by atoms with Gasteiger partial charge < -0.3 is 0 Å². The number of hydrogen-bond acceptors (Lipinski definition) is 3. The molecular weight excluding hydrogens is 287 g/mol. The standard InChI is InChI=1S/C16H17FN2OS/c1-12(2)18-15-9-5-6-10-19(15)16(20)11-21-14-8-4-3-7-13(14)17/h3-10,12H,11H2,1-2H3. The number of thioether (sulfide) groups is 1. The summed E-state index contributed by atoms with van der Waals surface area (Å²) in [5.41, 5.74) is 0.617. The minimum absolute atomic E-state index is 0.102. The Morgan fingerprint density at radius 3 is 2.67 bits per heavy atom. The molecular formula is C16H17FN2OS. The first-order valence-corrected chi connectivity index (χ1v) is 7.68. The highest BCUT2D eigenvalue weighted by atomic mass is 32.2. The molecule has 2 rings (SSSR count). The second kappa shape index (κ2) is 7.22. The van der Waals surface area contributed by atoms with E-state index < -0.39 is 0 Å². The number of aromatic nitrogens is 1. The van der Waals surface area contributed by atoms with Crippen molar-refractivity contribution < 1.29 is 9.18 Å². The molecule has 0 N–H and O–H groups in total. The lowest BCUT2D eigenvalue weighted by Gasteiger charge is -2.07. The van der Waals surface area contributed by atoms with Crippen molar-refractivity contribution >= 4 is 17.7 Å². The van der Waals surface area contributed by atoms with Crippen molar-refractivity contribution in [3.05, 3.63) is 60.0 Å². The van der Waals surface area contributed by atoms with Gasteiger partial charge in [0.2, 0.25) is 5.91 Å². The first kappa shape index (κ1) is 15.5. The minimum atomic E-state index is -0.305. The summed E-state index contributed by atoms with van der Waals surface area (Å²) in [6, 6.07) is 12.0. The van der Waals surface area contributed by atoms with Crippen LogP contribution in [0.15, 0.2) is 58.5 Å². The number of rotatable bonds is 4. The number of carbonyl (C=O) groups is 1. The van der Waals surface area contributed by atoms with Crippen LogP contribution in [0.5, 0.6) is 0 Å². The molecule has 0 aliphatic carbocycles. The second-order valence-electron chi connectivity index (χ2n) is 4.76. The highest BCUT2D eigenvalue weighted by Gasteiger charge is 2.08. The van der Waals surface area contributed by atoms with E-state index in [0.717, 1.165) is 0 Å². The molecule has 0 amide bonds. The Hall–Kier alpha value is -1.88. The Labute approximate surface area is 127 Å². The first-order valence-electron chi connectivity index (χ1n) is 6.70. The van der Waals surface area contributed by atoms with Gasteiger partial charge in [-0.3, -0.25) is 14.4 Å². The molecule has 1 heterocycles. The number of halogens is 1. The summed E-state index contributed by atoms with van der Waals surface area (Å²) in [6.45, 7) is 3.91. The summed E-state index contributed by atoms with van der Waals surface area (Å²) in [6.07, 6.45) is 1.69. The van der Waals surface area contributed by atoms with Gasteiger partial charge in [-0.05, 0) is 38.1 Å². The lowest BCUT2D eigenvalue weighted by Crippen LogP contribution is -2.28. The number of hydrogen-bond donors (Lipinski definition) is 0. The van der Waals surface area contributed by atoms with Gasteiger partial charge in [0, 0.05) is 17.1 Å². The van der Waals surface area contributed by atoms with E-state index in [0.29, 0.717) is 10.4 Å². The van der Waals surface area contributed by atoms with E-state index in [1.54, 1.807) is 36.5 Å². The van der Waals surface area contributed by atoms with Gasteiger partial charge in [0.1, 0.15) is 11.3 Å². The normalized spacial score (nSPS) is 11.9. The molecule has 0 saturated carbocycles. The van der Waals surface area contributed by atoms with Gasteiger partial charge in [-0.25, -0.2) is 4.39 Å². The first-order chi connectivity index (χ1) is 10.1. The summed E-state index contributed by atoms with van der Waals surface area (Å²) in [7, 11) is 0. The Morgan fingerprint density at radius 1 is 1.24 bits per heavy atom. The summed E-state index contributed by atoms with van der Waals surface area (Å²) in [4.78, 5) is 17.2. The molecule has 0 fully saturated rings. The van der Waals surface area contributed by atoms with Crippen LogP contribution in [0, 0.1) is 5.82 Å². The van der Waals surface area contributed by atoms with Gasteiger partial charge in [0.15, 0.2) is 0 Å². The van der Waals surface area contributed by atoms with Crippen molar-refractivity contribution in [3.8, 4) is 0 Å². The summed E-state index contributed by atoms with van der Waals surface area (Å²) < 4.78 is 15.0. The van der Waals surface area contributed by atoms with Crippen LogP contribution in [-0.4, -0.2) is 22.3 Å². The molecule has 0 saturated heterocycles. The fraction of sp³-hybridized carbons (Fsp3) is 0.250. The van der Waals surface area contributed by atoms with Crippen molar-refractivity contribution in [1.29, 1.82) is 0 Å². The third-order valence-corrected chi connectivity index (χ3v) is 3.72. The molecule has 3 nitrogen and oxygen atoms in total. The van der Waals surface area contributed by atoms with E-state index in [-0.39, 0.29) is 23.5 Å². The van der Waals surface area contributed by atoms with Crippen LogP contribution in [0.3, 0.4) is 0 Å². The van der Waals surface area contributed by atoms with Crippen molar-refractivity contribution in [2.24, 2.45) is 4.99 Å². The zero-order valence-corrected chi connectivity index (χ0v) is 12.8. The Morgan fingerprint density at radius 2 is 1.95 bits per heavy atom. The monoisotopic (exact) mass is 304 g/mol. The van der Waals surface area contributed by atoms with E-state index >= 15 is 0 Å². The van der Waals surface area contributed by atoms with Gasteiger partial charge in [-0.1, -0.05) is 18.2 Å². The fourth-order valence-electron chi connectivity index (χ4n) is 1.79. The average molecular weight is 304 g/mol. The van der Waals surface area contributed by atoms with Crippen molar-refractivity contribution in [2.75, 3.05) is 5.75 Å². The van der Waals surface area contributed by atoms with Gasteiger partial charge >= 0.3 is 0 Å². The fourth-order valence-corrected chi connectivity index (χ4v) is 2.58. The highest BCUT2D eigenvalue weighted by molar-refractivity contribution is 8.00. The van der Waals surface area contributed by atoms with Gasteiger partial charge in [-0.15, -0.1) is 11.8 Å². The Balaban J connectivity index is 2.17. The molecule has 0 unspecified atom stereocenters. The number of nitrogens with zero attached hydrogens (tertiary/aromatic N) is 2. The van der Waals surface area contributed by atoms with Crippen LogP contribution < -0.4 is 5.49 Å². The summed E-state index contributed by atoms with van der Waals surface area (Å²) in [5, 5.41) is 0. The van der Waals surface area contributed by atoms with E-state index in [1.165, 1.54) is 22.4 Å². The Bertz CT molecular complexity index is 694. The van der Waals surface area contributed by atoms with Crippen molar-refractivity contribution in [1.82, 2.24) is 4.57 Å². The Kier molecular flexibility index (Phi) is 5.33. The quantitative estimate of drug-likeness (QED) is 0.812. The molecule has 0 radical (unpaired) electrons. The zero-order chi connectivity index (χ0) is 15.2. The van der Waals surface area contributed by atoms with Gasteiger partial charge in [0.05, 0.1) is 5.75 Å². The topological polar surface area (TPSA) is 34.4 Å². The van der Waals surface area contributed by atoms with E-state index in [9.17, 15) is 9.18 Å². The highest BCUT2D eigenvalue weighted by Crippen LogP contribution is 2.20. The van der Waals surface area contributed by atoms with E-state index in [4.69, 9.17) is 0 Å². The molecule has 1 aromatic carbocycles. The predicted octanol–water partition coefficient (Wildman–Crippen LogP) is 3.37. The van der Waals surface area contributed by atoms with Crippen LogP contribution in [0.25, 0.3) is 0 Å². The number of benzene rings is 1. The number of carbonyl (C=O) groups excluding carboxylic acids is 1. The van der Waals surface area contributed by atoms with Crippen LogP contribution in [-0.2, 0) is 0 Å². The second-order valence-corrected chi connectivity index (χ2v) is 5.78. The third-order valence-electron chi connectivity index (χ3n) is 2.69. The van der Waals surface area contributed by atoms with Crippen LogP contribution in [0.2, 0.25) is 0 Å². The van der Waals surface area contributed by atoms with Crippen LogP contribution in [0.1, 0.15) is 18.6 Å². The van der Waals surface area contributed by atoms with Gasteiger partial charge in [0.25, 0.3) is 0 Å². The maximum atomic E-state index is 13.5. The largest absolute Gasteiger partial charge is 0.273 e. The number of pyridine rings is 1. The van der Waals surface area contributed by atoms with Crippen molar-refractivity contribution in [2.45, 2.75) is 24.8 Å². The smallest absolute Gasteiger partial charge is 0.242 e. The molecule has 5 heteroatoms. The molecule has 0 aliphatic heterocycles. The SMILES string of the molecule is CC(C)N=c1ccccn1C(=O)CSc1ccccc1F. The summed E-state index contributed by atoms with van der Waals surface area (Å²) >= 11 is 1.19. The molecule has 21 heavy (non-hydrogen) atoms. The average Bonchev–Trinajstić information content (AvgIpc) is 2.46. The van der Waals surface area contributed by atoms with Crippen LogP contribution in [0.4, 0.5) is 4.39 Å². The molecule has 0 spiro atoms. The molecule has 1 aromatic heterocycles. The zero-order valence-electron chi connectivity index (χ0n) is 12.0. The maximum Gasteiger partial charge on any atom is 0.242 e. The molecule has 110 valence electrons. The minimum Gasteiger partial charge on any atom is -0.273 e. The van der Waals surface area contributed by atoms with E-state index in [1.807, 2.05) is 19.9 Å². The molecule has 0 bridgehead atoms. The van der Waals surface area contributed by atoms with Crippen LogP contribution >= 0.6 is 11.8 Å². The maximum absolute atomic E-state index is 13.5. The lowest BCUT2D eigenvalue weighted by atomic mass is 10.3. The molecule has 0 atom stereocenters. The van der Waals surface area contributed by atoms with Crippen molar-refractivity contribution in [3.63, 3.8) is 0 Å².